The summed E-state index contributed by atoms with van der Waals surface area (Å²) in [4.78, 5) is 0. The molecule has 1 aromatic heterocycles. The molecule has 0 aliphatic carbocycles. The summed E-state index contributed by atoms with van der Waals surface area (Å²) in [7, 11) is 2.03. The summed E-state index contributed by atoms with van der Waals surface area (Å²) in [5, 5.41) is 7.98. The van der Waals surface area contributed by atoms with Gasteiger partial charge in [0.1, 0.15) is 0 Å². The van der Waals surface area contributed by atoms with Gasteiger partial charge in [-0.1, -0.05) is 29.8 Å². The van der Waals surface area contributed by atoms with Crippen molar-refractivity contribution in [3.8, 4) is 0 Å². The third-order valence-corrected chi connectivity index (χ3v) is 4.66. The first-order chi connectivity index (χ1) is 9.66. The first-order valence-corrected chi connectivity index (χ1v) is 7.42. The van der Waals surface area contributed by atoms with Crippen molar-refractivity contribution >= 4 is 0 Å². The van der Waals surface area contributed by atoms with Crippen LogP contribution in [0.3, 0.4) is 0 Å². The first kappa shape index (κ1) is 13.4. The number of hydrogen-bond donors (Lipinski definition) is 1. The summed E-state index contributed by atoms with van der Waals surface area (Å²) in [6.07, 6.45) is 3.25. The van der Waals surface area contributed by atoms with E-state index in [2.05, 4.69) is 54.7 Å². The Bertz CT molecular complexity index is 583. The molecule has 0 saturated carbocycles. The maximum atomic E-state index is 4.43. The van der Waals surface area contributed by atoms with Crippen molar-refractivity contribution in [3.63, 3.8) is 0 Å². The normalized spacial score (nSPS) is 22.9. The molecule has 0 spiro atoms. The molecule has 3 nitrogen and oxygen atoms in total. The summed E-state index contributed by atoms with van der Waals surface area (Å²) >= 11 is 0. The van der Waals surface area contributed by atoms with Crippen molar-refractivity contribution in [2.24, 2.45) is 7.05 Å². The third kappa shape index (κ3) is 2.38. The zero-order valence-electron chi connectivity index (χ0n) is 12.6. The quantitative estimate of drug-likeness (QED) is 0.908. The van der Waals surface area contributed by atoms with E-state index in [0.29, 0.717) is 11.8 Å². The van der Waals surface area contributed by atoms with E-state index in [0.717, 1.165) is 13.1 Å². The van der Waals surface area contributed by atoms with Crippen LogP contribution in [0, 0.1) is 13.8 Å². The van der Waals surface area contributed by atoms with Gasteiger partial charge in [0, 0.05) is 25.2 Å². The fourth-order valence-electron chi connectivity index (χ4n) is 3.27. The molecule has 1 fully saturated rings. The largest absolute Gasteiger partial charge is 0.316 e. The van der Waals surface area contributed by atoms with Gasteiger partial charge in [0.25, 0.3) is 0 Å². The van der Waals surface area contributed by atoms with Gasteiger partial charge in [0.05, 0.1) is 6.20 Å². The molecule has 2 heterocycles. The first-order valence-electron chi connectivity index (χ1n) is 7.42. The fourth-order valence-corrected chi connectivity index (χ4v) is 3.27. The maximum Gasteiger partial charge on any atom is 0.0527 e. The molecule has 0 radical (unpaired) electrons. The summed E-state index contributed by atoms with van der Waals surface area (Å²) < 4.78 is 1.99. The molecular formula is C17H23N3. The Labute approximate surface area is 121 Å². The lowest BCUT2D eigenvalue weighted by Gasteiger charge is -2.32. The van der Waals surface area contributed by atoms with E-state index in [9.17, 15) is 0 Å². The average Bonchev–Trinajstić information content (AvgIpc) is 2.80. The van der Waals surface area contributed by atoms with Crippen LogP contribution in [-0.2, 0) is 7.05 Å². The van der Waals surface area contributed by atoms with Gasteiger partial charge in [0.15, 0.2) is 0 Å². The van der Waals surface area contributed by atoms with Crippen molar-refractivity contribution in [1.29, 1.82) is 0 Å². The van der Waals surface area contributed by atoms with Crippen LogP contribution in [0.1, 0.15) is 40.6 Å². The highest BCUT2D eigenvalue weighted by Crippen LogP contribution is 2.38. The van der Waals surface area contributed by atoms with Crippen molar-refractivity contribution < 1.29 is 0 Å². The van der Waals surface area contributed by atoms with E-state index in [4.69, 9.17) is 0 Å². The lowest BCUT2D eigenvalue weighted by molar-refractivity contribution is 0.402. The van der Waals surface area contributed by atoms with E-state index in [1.807, 2.05) is 11.7 Å². The van der Waals surface area contributed by atoms with Crippen LogP contribution in [0.2, 0.25) is 0 Å². The molecule has 1 N–H and O–H groups in total. The fraction of sp³-hybridized carbons (Fsp3) is 0.471. The minimum atomic E-state index is 0.548. The van der Waals surface area contributed by atoms with Crippen molar-refractivity contribution in [2.45, 2.75) is 32.1 Å². The lowest BCUT2D eigenvalue weighted by atomic mass is 9.77. The maximum absolute atomic E-state index is 4.43. The lowest BCUT2D eigenvalue weighted by Crippen LogP contribution is -2.34. The molecule has 1 aliphatic heterocycles. The van der Waals surface area contributed by atoms with Crippen LogP contribution >= 0.6 is 0 Å². The highest BCUT2D eigenvalue weighted by Gasteiger charge is 2.29. The molecule has 3 rings (SSSR count). The Kier molecular flexibility index (Phi) is 3.62. The molecule has 3 heteroatoms. The Hall–Kier alpha value is -1.61. The van der Waals surface area contributed by atoms with Crippen LogP contribution in [-0.4, -0.2) is 22.9 Å². The number of benzene rings is 1. The topological polar surface area (TPSA) is 29.9 Å². The van der Waals surface area contributed by atoms with E-state index < -0.39 is 0 Å². The Balaban J connectivity index is 1.95. The van der Waals surface area contributed by atoms with E-state index in [-0.39, 0.29) is 0 Å². The molecule has 1 saturated heterocycles. The van der Waals surface area contributed by atoms with Gasteiger partial charge in [-0.05, 0) is 43.9 Å². The Morgan fingerprint density at radius 2 is 1.90 bits per heavy atom. The van der Waals surface area contributed by atoms with Crippen LogP contribution in [0.25, 0.3) is 0 Å². The van der Waals surface area contributed by atoms with Gasteiger partial charge in [-0.2, -0.15) is 5.10 Å². The molecule has 1 aromatic carbocycles. The van der Waals surface area contributed by atoms with Gasteiger partial charge in [-0.15, -0.1) is 0 Å². The second kappa shape index (κ2) is 5.41. The third-order valence-electron chi connectivity index (χ3n) is 4.66. The predicted octanol–water partition coefficient (Wildman–Crippen LogP) is 2.90. The van der Waals surface area contributed by atoms with Gasteiger partial charge >= 0.3 is 0 Å². The highest BCUT2D eigenvalue weighted by molar-refractivity contribution is 5.32. The van der Waals surface area contributed by atoms with Crippen molar-refractivity contribution in [3.05, 3.63) is 52.8 Å². The van der Waals surface area contributed by atoms with E-state index in [1.165, 1.54) is 28.8 Å². The number of aromatic nitrogens is 2. The zero-order chi connectivity index (χ0) is 14.1. The molecule has 0 bridgehead atoms. The number of aryl methyl sites for hydroxylation is 2. The van der Waals surface area contributed by atoms with E-state index in [1.54, 1.807) is 0 Å². The summed E-state index contributed by atoms with van der Waals surface area (Å²) in [5.74, 6) is 1.12. The molecule has 2 atom stereocenters. The number of hydrogen-bond acceptors (Lipinski definition) is 2. The van der Waals surface area contributed by atoms with Gasteiger partial charge in [0.2, 0.25) is 0 Å². The number of rotatable bonds is 2. The molecule has 2 aromatic rings. The van der Waals surface area contributed by atoms with Crippen LogP contribution in [0.15, 0.2) is 30.5 Å². The molecule has 1 aliphatic rings. The van der Waals surface area contributed by atoms with Gasteiger partial charge in [-0.25, -0.2) is 0 Å². The summed E-state index contributed by atoms with van der Waals surface area (Å²) in [5.41, 5.74) is 5.48. The summed E-state index contributed by atoms with van der Waals surface area (Å²) in [6, 6.07) is 9.01. The molecular weight excluding hydrogens is 246 g/mol. The second-order valence-corrected chi connectivity index (χ2v) is 5.93. The highest BCUT2D eigenvalue weighted by atomic mass is 15.3. The Morgan fingerprint density at radius 1 is 1.15 bits per heavy atom. The SMILES string of the molecule is Cc1ccc(C2CNCCC2c2cnn(C)c2C)cc1. The minimum Gasteiger partial charge on any atom is -0.316 e. The van der Waals surface area contributed by atoms with Crippen molar-refractivity contribution in [2.75, 3.05) is 13.1 Å². The monoisotopic (exact) mass is 269 g/mol. The molecule has 0 amide bonds. The minimum absolute atomic E-state index is 0.548. The molecule has 20 heavy (non-hydrogen) atoms. The summed E-state index contributed by atoms with van der Waals surface area (Å²) in [6.45, 7) is 6.48. The van der Waals surface area contributed by atoms with Crippen LogP contribution in [0.5, 0.6) is 0 Å². The molecule has 106 valence electrons. The van der Waals surface area contributed by atoms with Gasteiger partial charge < -0.3 is 5.32 Å². The van der Waals surface area contributed by atoms with E-state index >= 15 is 0 Å². The number of nitrogens with zero attached hydrogens (tertiary/aromatic N) is 2. The second-order valence-electron chi connectivity index (χ2n) is 5.93. The van der Waals surface area contributed by atoms with Crippen LogP contribution < -0.4 is 5.32 Å². The number of nitrogens with one attached hydrogen (secondary N) is 1. The van der Waals surface area contributed by atoms with Crippen molar-refractivity contribution in [1.82, 2.24) is 15.1 Å². The zero-order valence-corrected chi connectivity index (χ0v) is 12.6. The molecule has 2 unspecified atom stereocenters. The van der Waals surface area contributed by atoms with Crippen LogP contribution in [0.4, 0.5) is 0 Å². The smallest absolute Gasteiger partial charge is 0.0527 e. The predicted molar refractivity (Wildman–Crippen MR) is 82.1 cm³/mol. The number of piperidine rings is 1. The average molecular weight is 269 g/mol. The van der Waals surface area contributed by atoms with Gasteiger partial charge in [-0.3, -0.25) is 4.68 Å². The standard InChI is InChI=1S/C17H23N3/c1-12-4-6-14(7-5-12)17-10-18-9-8-15(17)16-11-19-20(3)13(16)2/h4-7,11,15,17-18H,8-10H2,1-3H3. The Morgan fingerprint density at radius 3 is 2.55 bits per heavy atom.